The van der Waals surface area contributed by atoms with Gasteiger partial charge in [-0.15, -0.1) is 0 Å². The molecule has 0 aliphatic carbocycles. The lowest BCUT2D eigenvalue weighted by Crippen LogP contribution is -2.33. The van der Waals surface area contributed by atoms with Crippen LogP contribution < -0.4 is 5.32 Å². The van der Waals surface area contributed by atoms with Crippen molar-refractivity contribution in [3.63, 3.8) is 0 Å². The number of thioether (sulfide) groups is 1. The van der Waals surface area contributed by atoms with Gasteiger partial charge in [0.15, 0.2) is 5.78 Å². The van der Waals surface area contributed by atoms with Crippen molar-refractivity contribution in [2.75, 3.05) is 5.75 Å². The number of rotatable bonds is 6. The van der Waals surface area contributed by atoms with Crippen molar-refractivity contribution in [3.05, 3.63) is 17.1 Å². The number of amides is 1. The maximum atomic E-state index is 11.8. The van der Waals surface area contributed by atoms with E-state index in [1.54, 1.807) is 13.8 Å². The second-order valence-electron chi connectivity index (χ2n) is 4.76. The Bertz CT molecular complexity index is 517. The normalized spacial score (nSPS) is 12.1. The lowest BCUT2D eigenvalue weighted by atomic mass is 10.2. The molecule has 1 aromatic heterocycles. The third-order valence-electron chi connectivity index (χ3n) is 2.88. The summed E-state index contributed by atoms with van der Waals surface area (Å²) in [5.74, 6) is 0.734. The maximum Gasteiger partial charge on any atom is 0.230 e. The Labute approximate surface area is 124 Å². The topological polar surface area (TPSA) is 72.0 Å². The van der Waals surface area contributed by atoms with E-state index in [0.29, 0.717) is 22.1 Å². The summed E-state index contributed by atoms with van der Waals surface area (Å²) >= 11 is 1.28. The third-order valence-corrected chi connectivity index (χ3v) is 3.86. The second kappa shape index (κ2) is 7.38. The van der Waals surface area contributed by atoms with Crippen LogP contribution in [-0.2, 0) is 4.79 Å². The summed E-state index contributed by atoms with van der Waals surface area (Å²) in [4.78, 5) is 31.9. The van der Waals surface area contributed by atoms with Gasteiger partial charge in [-0.2, -0.15) is 0 Å². The molecule has 0 saturated carbocycles. The predicted molar refractivity (Wildman–Crippen MR) is 80.1 cm³/mol. The van der Waals surface area contributed by atoms with Gasteiger partial charge < -0.3 is 5.32 Å². The standard InChI is InChI=1S/C14H21N3O2S/c1-6-8(2)15-12(19)7-20-14-13(10(4)18)9(3)16-11(5)17-14/h8H,6-7H2,1-5H3,(H,15,19). The highest BCUT2D eigenvalue weighted by Gasteiger charge is 2.16. The molecule has 0 saturated heterocycles. The summed E-state index contributed by atoms with van der Waals surface area (Å²) < 4.78 is 0. The molecule has 1 aromatic rings. The highest BCUT2D eigenvalue weighted by molar-refractivity contribution is 8.00. The van der Waals surface area contributed by atoms with Gasteiger partial charge in [-0.3, -0.25) is 9.59 Å². The fraction of sp³-hybridized carbons (Fsp3) is 0.571. The van der Waals surface area contributed by atoms with Gasteiger partial charge in [0, 0.05) is 6.04 Å². The molecule has 1 N–H and O–H groups in total. The molecule has 0 bridgehead atoms. The molecule has 1 amide bonds. The highest BCUT2D eigenvalue weighted by Crippen LogP contribution is 2.23. The Morgan fingerprint density at radius 3 is 2.50 bits per heavy atom. The molecule has 0 radical (unpaired) electrons. The average Bonchev–Trinajstić information content (AvgIpc) is 2.34. The van der Waals surface area contributed by atoms with E-state index in [0.717, 1.165) is 6.42 Å². The number of aromatic nitrogens is 2. The first-order valence-corrected chi connectivity index (χ1v) is 7.62. The van der Waals surface area contributed by atoms with Crippen molar-refractivity contribution in [1.29, 1.82) is 0 Å². The van der Waals surface area contributed by atoms with Crippen LogP contribution in [-0.4, -0.2) is 33.5 Å². The molecular formula is C14H21N3O2S. The van der Waals surface area contributed by atoms with Crippen LogP contribution in [0.1, 0.15) is 49.1 Å². The summed E-state index contributed by atoms with van der Waals surface area (Å²) in [5, 5.41) is 3.47. The molecule has 0 aliphatic rings. The smallest absolute Gasteiger partial charge is 0.230 e. The SMILES string of the molecule is CCC(C)NC(=O)CSc1nc(C)nc(C)c1C(C)=O. The van der Waals surface area contributed by atoms with E-state index in [2.05, 4.69) is 15.3 Å². The Kier molecular flexibility index (Phi) is 6.13. The zero-order valence-corrected chi connectivity index (χ0v) is 13.4. The molecule has 0 fully saturated rings. The quantitative estimate of drug-likeness (QED) is 0.495. The Hall–Kier alpha value is -1.43. The molecule has 20 heavy (non-hydrogen) atoms. The van der Waals surface area contributed by atoms with Crippen molar-refractivity contribution < 1.29 is 9.59 Å². The first-order valence-electron chi connectivity index (χ1n) is 6.63. The second-order valence-corrected chi connectivity index (χ2v) is 5.72. The summed E-state index contributed by atoms with van der Waals surface area (Å²) in [7, 11) is 0. The van der Waals surface area contributed by atoms with Crippen LogP contribution in [0.2, 0.25) is 0 Å². The molecule has 0 aromatic carbocycles. The molecule has 1 rings (SSSR count). The van der Waals surface area contributed by atoms with Gasteiger partial charge in [0.1, 0.15) is 10.9 Å². The number of nitrogens with one attached hydrogen (secondary N) is 1. The number of ketones is 1. The number of carbonyl (C=O) groups excluding carboxylic acids is 2. The van der Waals surface area contributed by atoms with Gasteiger partial charge in [-0.1, -0.05) is 18.7 Å². The van der Waals surface area contributed by atoms with E-state index in [-0.39, 0.29) is 23.5 Å². The number of Topliss-reactive ketones (excluding diaryl/α,β-unsaturated/α-hetero) is 1. The predicted octanol–water partition coefficient (Wildman–Crippen LogP) is 2.30. The minimum Gasteiger partial charge on any atom is -0.353 e. The van der Waals surface area contributed by atoms with Crippen LogP contribution in [0.25, 0.3) is 0 Å². The van der Waals surface area contributed by atoms with Crippen LogP contribution in [0, 0.1) is 13.8 Å². The molecule has 110 valence electrons. The molecule has 0 aliphatic heterocycles. The van der Waals surface area contributed by atoms with Crippen LogP contribution >= 0.6 is 11.8 Å². The monoisotopic (exact) mass is 295 g/mol. The highest BCUT2D eigenvalue weighted by atomic mass is 32.2. The summed E-state index contributed by atoms with van der Waals surface area (Å²) in [6.07, 6.45) is 0.890. The van der Waals surface area contributed by atoms with E-state index in [4.69, 9.17) is 0 Å². The van der Waals surface area contributed by atoms with Crippen LogP contribution in [0.4, 0.5) is 0 Å². The first-order chi connectivity index (χ1) is 9.35. The maximum absolute atomic E-state index is 11.8. The van der Waals surface area contributed by atoms with Gasteiger partial charge >= 0.3 is 0 Å². The number of carbonyl (C=O) groups is 2. The van der Waals surface area contributed by atoms with Crippen molar-refractivity contribution in [1.82, 2.24) is 15.3 Å². The molecule has 1 unspecified atom stereocenters. The van der Waals surface area contributed by atoms with E-state index >= 15 is 0 Å². The minimum absolute atomic E-state index is 0.0484. The van der Waals surface area contributed by atoms with Gasteiger partial charge in [-0.05, 0) is 34.1 Å². The number of aryl methyl sites for hydroxylation is 2. The van der Waals surface area contributed by atoms with Crippen molar-refractivity contribution in [2.24, 2.45) is 0 Å². The summed E-state index contributed by atoms with van der Waals surface area (Å²) in [5.41, 5.74) is 1.17. The first kappa shape index (κ1) is 16.6. The average molecular weight is 295 g/mol. The molecular weight excluding hydrogens is 274 g/mol. The fourth-order valence-corrected chi connectivity index (χ4v) is 2.73. The number of nitrogens with zero attached hydrogens (tertiary/aromatic N) is 2. The summed E-state index contributed by atoms with van der Waals surface area (Å²) in [6.45, 7) is 9.03. The lowest BCUT2D eigenvalue weighted by Gasteiger charge is -2.12. The molecule has 6 heteroatoms. The Morgan fingerprint density at radius 2 is 1.95 bits per heavy atom. The molecule has 1 heterocycles. The Balaban J connectivity index is 2.82. The number of hydrogen-bond acceptors (Lipinski definition) is 5. The minimum atomic E-state index is -0.0765. The van der Waals surface area contributed by atoms with E-state index in [1.807, 2.05) is 13.8 Å². The summed E-state index contributed by atoms with van der Waals surface area (Å²) in [6, 6.07) is 0.157. The molecule has 5 nitrogen and oxygen atoms in total. The van der Waals surface area contributed by atoms with Gasteiger partial charge in [0.05, 0.1) is 17.0 Å². The zero-order chi connectivity index (χ0) is 15.3. The van der Waals surface area contributed by atoms with Crippen molar-refractivity contribution >= 4 is 23.5 Å². The van der Waals surface area contributed by atoms with E-state index in [9.17, 15) is 9.59 Å². The van der Waals surface area contributed by atoms with Crippen molar-refractivity contribution in [2.45, 2.75) is 52.1 Å². The van der Waals surface area contributed by atoms with Crippen LogP contribution in [0.15, 0.2) is 5.03 Å². The molecule has 0 spiro atoms. The van der Waals surface area contributed by atoms with Gasteiger partial charge in [0.2, 0.25) is 5.91 Å². The largest absolute Gasteiger partial charge is 0.353 e. The van der Waals surface area contributed by atoms with Crippen LogP contribution in [0.3, 0.4) is 0 Å². The number of hydrogen-bond donors (Lipinski definition) is 1. The van der Waals surface area contributed by atoms with E-state index in [1.165, 1.54) is 18.7 Å². The molecule has 1 atom stereocenters. The van der Waals surface area contributed by atoms with Crippen molar-refractivity contribution in [3.8, 4) is 0 Å². The van der Waals surface area contributed by atoms with Gasteiger partial charge in [-0.25, -0.2) is 9.97 Å². The fourth-order valence-electron chi connectivity index (χ4n) is 1.74. The lowest BCUT2D eigenvalue weighted by molar-refractivity contribution is -0.119. The van der Waals surface area contributed by atoms with Gasteiger partial charge in [0.25, 0.3) is 0 Å². The van der Waals surface area contributed by atoms with Crippen LogP contribution in [0.5, 0.6) is 0 Å². The third kappa shape index (κ3) is 4.59. The Morgan fingerprint density at radius 1 is 1.30 bits per heavy atom. The van der Waals surface area contributed by atoms with E-state index < -0.39 is 0 Å². The zero-order valence-electron chi connectivity index (χ0n) is 12.6.